The maximum absolute atomic E-state index is 8.84. The second kappa shape index (κ2) is 7.89. The molecule has 0 aromatic carbocycles. The fourth-order valence-corrected chi connectivity index (χ4v) is 2.49. The van der Waals surface area contributed by atoms with Crippen molar-refractivity contribution in [3.63, 3.8) is 0 Å². The zero-order valence-corrected chi connectivity index (χ0v) is 11.8. The van der Waals surface area contributed by atoms with Crippen molar-refractivity contribution in [2.45, 2.75) is 20.4 Å². The quantitative estimate of drug-likeness (QED) is 0.825. The van der Waals surface area contributed by atoms with Crippen LogP contribution < -0.4 is 5.73 Å². The van der Waals surface area contributed by atoms with Crippen molar-refractivity contribution >= 4 is 11.3 Å². The molecule has 0 fully saturated rings. The van der Waals surface area contributed by atoms with Gasteiger partial charge in [-0.05, 0) is 19.5 Å². The molecule has 1 aromatic rings. The monoisotopic (exact) mass is 261 g/mol. The second-order valence-corrected chi connectivity index (χ2v) is 5.16. The Balaban J connectivity index is 2.59. The summed E-state index contributed by atoms with van der Waals surface area (Å²) in [4.78, 5) is 3.56. The van der Waals surface area contributed by atoms with E-state index in [0.717, 1.165) is 25.2 Å². The van der Waals surface area contributed by atoms with Gasteiger partial charge in [0.2, 0.25) is 0 Å². The van der Waals surface area contributed by atoms with E-state index in [2.05, 4.69) is 41.2 Å². The molecule has 0 saturated carbocycles. The minimum atomic E-state index is 0.0708. The van der Waals surface area contributed by atoms with Crippen molar-refractivity contribution in [1.82, 2.24) is 4.90 Å². The molecule has 0 aliphatic heterocycles. The first-order chi connectivity index (χ1) is 8.69. The minimum absolute atomic E-state index is 0.0708. The summed E-state index contributed by atoms with van der Waals surface area (Å²) < 4.78 is 0. The minimum Gasteiger partial charge on any atom is -0.320 e. The van der Waals surface area contributed by atoms with E-state index >= 15 is 0 Å². The van der Waals surface area contributed by atoms with E-state index in [0.29, 0.717) is 6.54 Å². The maximum atomic E-state index is 8.84. The molecule has 18 heavy (non-hydrogen) atoms. The van der Waals surface area contributed by atoms with Crippen molar-refractivity contribution < 1.29 is 0 Å². The first-order valence-electron chi connectivity index (χ1n) is 6.07. The highest BCUT2D eigenvalue weighted by molar-refractivity contribution is 7.10. The standard InChI is InChI=1S/C14H19N3S/c1-3-17(9-12(2)8-16)10-14-7-13(11-18-14)5-4-6-15/h7,11-12H,3,6,9-10,15H2,1-2H3. The van der Waals surface area contributed by atoms with Gasteiger partial charge in [0.25, 0.3) is 0 Å². The van der Waals surface area contributed by atoms with Crippen LogP contribution in [0.25, 0.3) is 0 Å². The van der Waals surface area contributed by atoms with Crippen molar-refractivity contribution in [3.8, 4) is 17.9 Å². The van der Waals surface area contributed by atoms with Gasteiger partial charge < -0.3 is 5.73 Å². The lowest BCUT2D eigenvalue weighted by Crippen LogP contribution is -2.27. The third kappa shape index (κ3) is 4.89. The lowest BCUT2D eigenvalue weighted by Gasteiger charge is -2.20. The smallest absolute Gasteiger partial charge is 0.0666 e. The summed E-state index contributed by atoms with van der Waals surface area (Å²) in [6.07, 6.45) is 0. The molecule has 3 nitrogen and oxygen atoms in total. The number of hydrogen-bond donors (Lipinski definition) is 1. The van der Waals surface area contributed by atoms with Crippen LogP contribution in [-0.4, -0.2) is 24.5 Å². The highest BCUT2D eigenvalue weighted by atomic mass is 32.1. The molecule has 1 aromatic heterocycles. The maximum Gasteiger partial charge on any atom is 0.0666 e. The average molecular weight is 261 g/mol. The van der Waals surface area contributed by atoms with Gasteiger partial charge in [-0.15, -0.1) is 11.3 Å². The van der Waals surface area contributed by atoms with E-state index in [1.54, 1.807) is 11.3 Å². The Hall–Kier alpha value is -1.33. The van der Waals surface area contributed by atoms with Crippen LogP contribution in [0.4, 0.5) is 0 Å². The normalized spacial score (nSPS) is 11.7. The van der Waals surface area contributed by atoms with E-state index in [9.17, 15) is 0 Å². The van der Waals surface area contributed by atoms with Gasteiger partial charge in [0, 0.05) is 28.9 Å². The summed E-state index contributed by atoms with van der Waals surface area (Å²) in [5, 5.41) is 10.9. The Kier molecular flexibility index (Phi) is 6.46. The van der Waals surface area contributed by atoms with E-state index in [1.807, 2.05) is 6.92 Å². The summed E-state index contributed by atoms with van der Waals surface area (Å²) in [6.45, 7) is 7.12. The molecule has 1 unspecified atom stereocenters. The lowest BCUT2D eigenvalue weighted by atomic mass is 10.2. The Morgan fingerprint density at radius 3 is 2.94 bits per heavy atom. The van der Waals surface area contributed by atoms with Crippen LogP contribution in [0.1, 0.15) is 24.3 Å². The van der Waals surface area contributed by atoms with Crippen molar-refractivity contribution in [1.29, 1.82) is 5.26 Å². The predicted octanol–water partition coefficient (Wildman–Crippen LogP) is 2.04. The fraction of sp³-hybridized carbons (Fsp3) is 0.500. The van der Waals surface area contributed by atoms with Crippen LogP contribution in [-0.2, 0) is 6.54 Å². The molecule has 4 heteroatoms. The zero-order chi connectivity index (χ0) is 13.4. The van der Waals surface area contributed by atoms with Gasteiger partial charge in [0.1, 0.15) is 0 Å². The molecule has 0 amide bonds. The molecule has 0 aliphatic carbocycles. The summed E-state index contributed by atoms with van der Waals surface area (Å²) in [6, 6.07) is 4.38. The molecular weight excluding hydrogens is 242 g/mol. The van der Waals surface area contributed by atoms with Gasteiger partial charge in [0.05, 0.1) is 18.5 Å². The fourth-order valence-electron chi connectivity index (χ4n) is 1.64. The van der Waals surface area contributed by atoms with Crippen LogP contribution >= 0.6 is 11.3 Å². The molecule has 0 aliphatic rings. The zero-order valence-electron chi connectivity index (χ0n) is 10.9. The van der Waals surface area contributed by atoms with Crippen molar-refractivity contribution in [2.75, 3.05) is 19.6 Å². The van der Waals surface area contributed by atoms with Gasteiger partial charge in [-0.1, -0.05) is 18.8 Å². The number of thiophene rings is 1. The number of hydrogen-bond acceptors (Lipinski definition) is 4. The second-order valence-electron chi connectivity index (χ2n) is 4.17. The Bertz CT molecular complexity index is 461. The molecule has 0 saturated heterocycles. The number of rotatable bonds is 5. The van der Waals surface area contributed by atoms with Gasteiger partial charge >= 0.3 is 0 Å². The van der Waals surface area contributed by atoms with E-state index in [1.165, 1.54) is 4.88 Å². The molecule has 1 rings (SSSR count). The SMILES string of the molecule is CCN(Cc1cc(C#CCN)cs1)CC(C)C#N. The predicted molar refractivity (Wildman–Crippen MR) is 76.0 cm³/mol. The van der Waals surface area contributed by atoms with Gasteiger partial charge in [-0.2, -0.15) is 5.26 Å². The summed E-state index contributed by atoms with van der Waals surface area (Å²) in [7, 11) is 0. The van der Waals surface area contributed by atoms with Crippen molar-refractivity contribution in [2.24, 2.45) is 11.7 Å². The molecular formula is C14H19N3S. The highest BCUT2D eigenvalue weighted by Crippen LogP contribution is 2.16. The molecule has 1 heterocycles. The van der Waals surface area contributed by atoms with E-state index in [4.69, 9.17) is 11.0 Å². The summed E-state index contributed by atoms with van der Waals surface area (Å²) in [5.74, 6) is 5.96. The molecule has 1 atom stereocenters. The molecule has 96 valence electrons. The van der Waals surface area contributed by atoms with Crippen LogP contribution in [0.15, 0.2) is 11.4 Å². The first kappa shape index (κ1) is 14.7. The van der Waals surface area contributed by atoms with Gasteiger partial charge in [0.15, 0.2) is 0 Å². The third-order valence-electron chi connectivity index (χ3n) is 2.57. The number of nitriles is 1. The lowest BCUT2D eigenvalue weighted by molar-refractivity contribution is 0.262. The molecule has 2 N–H and O–H groups in total. The third-order valence-corrected chi connectivity index (χ3v) is 3.49. The largest absolute Gasteiger partial charge is 0.320 e. The summed E-state index contributed by atoms with van der Waals surface area (Å²) >= 11 is 1.71. The van der Waals surface area contributed by atoms with Crippen LogP contribution in [0.5, 0.6) is 0 Å². The molecule has 0 bridgehead atoms. The Morgan fingerprint density at radius 2 is 2.33 bits per heavy atom. The van der Waals surface area contributed by atoms with Crippen LogP contribution in [0.3, 0.4) is 0 Å². The topological polar surface area (TPSA) is 53.0 Å². The van der Waals surface area contributed by atoms with E-state index in [-0.39, 0.29) is 5.92 Å². The summed E-state index contributed by atoms with van der Waals surface area (Å²) in [5.41, 5.74) is 6.38. The average Bonchev–Trinajstić information content (AvgIpc) is 2.82. The Morgan fingerprint density at radius 1 is 1.56 bits per heavy atom. The Labute approximate surface area is 113 Å². The van der Waals surface area contributed by atoms with Gasteiger partial charge in [-0.25, -0.2) is 0 Å². The first-order valence-corrected chi connectivity index (χ1v) is 6.95. The number of nitrogens with two attached hydrogens (primary N) is 1. The highest BCUT2D eigenvalue weighted by Gasteiger charge is 2.09. The van der Waals surface area contributed by atoms with E-state index < -0.39 is 0 Å². The molecule has 0 radical (unpaired) electrons. The van der Waals surface area contributed by atoms with Crippen LogP contribution in [0, 0.1) is 29.1 Å². The molecule has 0 spiro atoms. The number of nitrogens with zero attached hydrogens (tertiary/aromatic N) is 2. The van der Waals surface area contributed by atoms with Crippen LogP contribution in [0.2, 0.25) is 0 Å². The van der Waals surface area contributed by atoms with Gasteiger partial charge in [-0.3, -0.25) is 4.90 Å². The van der Waals surface area contributed by atoms with Crippen molar-refractivity contribution in [3.05, 3.63) is 21.9 Å².